The topological polar surface area (TPSA) is 71.7 Å². The van der Waals surface area contributed by atoms with Crippen LogP contribution in [-0.2, 0) is 0 Å². The fraction of sp³-hybridized carbons (Fsp3) is 0.379. The summed E-state index contributed by atoms with van der Waals surface area (Å²) in [6.45, 7) is 5.70. The average molecular weight is 557 g/mol. The van der Waals surface area contributed by atoms with Gasteiger partial charge in [-0.05, 0) is 81.6 Å². The number of carbonyl (C=O) groups excluding carboxylic acids is 1. The SMILES string of the molecule is CC(Oc1cc(-c2cccc(C(=O)N3CCCC3CN3CCCC3)c2)cnc1N)c1c(Cl)ccc(F)c1Cl. The number of benzene rings is 2. The lowest BCUT2D eigenvalue weighted by Crippen LogP contribution is -2.42. The van der Waals surface area contributed by atoms with Gasteiger partial charge in [-0.15, -0.1) is 0 Å². The minimum Gasteiger partial charge on any atom is -0.482 e. The highest BCUT2D eigenvalue weighted by Crippen LogP contribution is 2.37. The van der Waals surface area contributed by atoms with Crippen LogP contribution in [0.25, 0.3) is 11.1 Å². The van der Waals surface area contributed by atoms with Gasteiger partial charge in [-0.3, -0.25) is 4.79 Å². The number of pyridine rings is 1. The van der Waals surface area contributed by atoms with Gasteiger partial charge in [-0.1, -0.05) is 35.3 Å². The van der Waals surface area contributed by atoms with E-state index in [2.05, 4.69) is 9.88 Å². The molecule has 2 aliphatic heterocycles. The molecule has 2 unspecified atom stereocenters. The van der Waals surface area contributed by atoms with Crippen molar-refractivity contribution in [3.63, 3.8) is 0 Å². The van der Waals surface area contributed by atoms with Crippen molar-refractivity contribution in [2.24, 2.45) is 0 Å². The Morgan fingerprint density at radius 1 is 1.13 bits per heavy atom. The molecule has 0 aliphatic carbocycles. The lowest BCUT2D eigenvalue weighted by atomic mass is 10.0. The number of aromatic nitrogens is 1. The van der Waals surface area contributed by atoms with E-state index in [0.29, 0.717) is 21.9 Å². The van der Waals surface area contributed by atoms with Gasteiger partial charge >= 0.3 is 0 Å². The lowest BCUT2D eigenvalue weighted by Gasteiger charge is -2.28. The number of nitrogens with zero attached hydrogens (tertiary/aromatic N) is 3. The Bertz CT molecular complexity index is 1330. The third kappa shape index (κ3) is 5.60. The summed E-state index contributed by atoms with van der Waals surface area (Å²) in [6, 6.07) is 12.2. The molecule has 0 radical (unpaired) electrons. The fourth-order valence-electron chi connectivity index (χ4n) is 5.43. The quantitative estimate of drug-likeness (QED) is 0.331. The summed E-state index contributed by atoms with van der Waals surface area (Å²) < 4.78 is 20.1. The maximum Gasteiger partial charge on any atom is 0.254 e. The summed E-state index contributed by atoms with van der Waals surface area (Å²) in [7, 11) is 0. The van der Waals surface area contributed by atoms with E-state index in [-0.39, 0.29) is 22.8 Å². The predicted molar refractivity (Wildman–Crippen MR) is 149 cm³/mol. The van der Waals surface area contributed by atoms with Crippen molar-refractivity contribution in [1.82, 2.24) is 14.8 Å². The van der Waals surface area contributed by atoms with Crippen LogP contribution in [-0.4, -0.2) is 52.9 Å². The van der Waals surface area contributed by atoms with Crippen molar-refractivity contribution in [3.05, 3.63) is 75.7 Å². The molecule has 200 valence electrons. The van der Waals surface area contributed by atoms with Crippen molar-refractivity contribution in [1.29, 1.82) is 0 Å². The predicted octanol–water partition coefficient (Wildman–Crippen LogP) is 6.62. The maximum atomic E-state index is 14.0. The van der Waals surface area contributed by atoms with Crippen LogP contribution in [0.5, 0.6) is 5.75 Å². The minimum absolute atomic E-state index is 0.0532. The number of amides is 1. The summed E-state index contributed by atoms with van der Waals surface area (Å²) >= 11 is 12.4. The monoisotopic (exact) mass is 556 g/mol. The van der Waals surface area contributed by atoms with Gasteiger partial charge in [0.05, 0.1) is 5.02 Å². The molecular weight excluding hydrogens is 526 g/mol. The zero-order chi connectivity index (χ0) is 26.8. The summed E-state index contributed by atoms with van der Waals surface area (Å²) in [5, 5.41) is 0.201. The van der Waals surface area contributed by atoms with E-state index in [1.165, 1.54) is 25.0 Å². The van der Waals surface area contributed by atoms with Crippen molar-refractivity contribution >= 4 is 34.9 Å². The van der Waals surface area contributed by atoms with E-state index in [4.69, 9.17) is 33.7 Å². The molecule has 2 saturated heterocycles. The number of rotatable bonds is 7. The van der Waals surface area contributed by atoms with Crippen LogP contribution in [0.4, 0.5) is 10.2 Å². The number of nitrogens with two attached hydrogens (primary N) is 1. The number of nitrogen functional groups attached to an aromatic ring is 1. The zero-order valence-corrected chi connectivity index (χ0v) is 22.8. The number of hydrogen-bond acceptors (Lipinski definition) is 5. The van der Waals surface area contributed by atoms with Crippen LogP contribution in [0, 0.1) is 5.82 Å². The number of anilines is 1. The van der Waals surface area contributed by atoms with E-state index in [1.807, 2.05) is 29.2 Å². The molecule has 0 bridgehead atoms. The molecule has 2 fully saturated rings. The van der Waals surface area contributed by atoms with E-state index >= 15 is 0 Å². The van der Waals surface area contributed by atoms with Gasteiger partial charge < -0.3 is 20.3 Å². The second-order valence-electron chi connectivity index (χ2n) is 10.0. The molecule has 38 heavy (non-hydrogen) atoms. The highest BCUT2D eigenvalue weighted by atomic mass is 35.5. The lowest BCUT2D eigenvalue weighted by molar-refractivity contribution is 0.0709. The van der Waals surface area contributed by atoms with E-state index < -0.39 is 11.9 Å². The Labute approximate surface area is 232 Å². The largest absolute Gasteiger partial charge is 0.482 e. The third-order valence-corrected chi connectivity index (χ3v) is 8.13. The van der Waals surface area contributed by atoms with Crippen LogP contribution >= 0.6 is 23.2 Å². The first-order valence-corrected chi connectivity index (χ1v) is 13.8. The Morgan fingerprint density at radius 2 is 1.92 bits per heavy atom. The van der Waals surface area contributed by atoms with Gasteiger partial charge in [-0.25, -0.2) is 9.37 Å². The molecule has 2 aromatic carbocycles. The molecule has 0 saturated carbocycles. The van der Waals surface area contributed by atoms with Crippen LogP contribution in [0.15, 0.2) is 48.7 Å². The number of carbonyl (C=O) groups is 1. The molecule has 2 atom stereocenters. The standard InChI is InChI=1S/C29H31Cl2FN4O2/c1-18(26-23(30)9-10-24(32)27(26)31)38-25-15-21(16-34-28(25)33)19-6-4-7-20(14-19)29(37)36-13-5-8-22(36)17-35-11-2-3-12-35/h4,6-7,9-10,14-16,18,22H,2-3,5,8,11-13,17H2,1H3,(H2,33,34). The van der Waals surface area contributed by atoms with Gasteiger partial charge in [0.1, 0.15) is 11.9 Å². The molecule has 5 rings (SSSR count). The Kier molecular flexibility index (Phi) is 8.07. The van der Waals surface area contributed by atoms with Crippen molar-refractivity contribution in [3.8, 4) is 16.9 Å². The minimum atomic E-state index is -0.680. The second kappa shape index (κ2) is 11.5. The summed E-state index contributed by atoms with van der Waals surface area (Å²) in [6.07, 6.45) is 5.52. The molecule has 9 heteroatoms. The van der Waals surface area contributed by atoms with E-state index in [0.717, 1.165) is 50.1 Å². The molecular formula is C29H31Cl2FN4O2. The van der Waals surface area contributed by atoms with Crippen molar-refractivity contribution in [2.75, 3.05) is 31.9 Å². The maximum absolute atomic E-state index is 14.0. The summed E-state index contributed by atoms with van der Waals surface area (Å²) in [5.41, 5.74) is 8.63. The van der Waals surface area contributed by atoms with Crippen LogP contribution in [0.3, 0.4) is 0 Å². The van der Waals surface area contributed by atoms with Gasteiger partial charge in [0.2, 0.25) is 0 Å². The smallest absolute Gasteiger partial charge is 0.254 e. The molecule has 3 aromatic rings. The van der Waals surface area contributed by atoms with Gasteiger partial charge in [0.25, 0.3) is 5.91 Å². The Balaban J connectivity index is 1.36. The van der Waals surface area contributed by atoms with Crippen LogP contribution in [0.2, 0.25) is 10.0 Å². The molecule has 1 amide bonds. The first kappa shape index (κ1) is 26.7. The molecule has 3 heterocycles. The zero-order valence-electron chi connectivity index (χ0n) is 21.3. The Morgan fingerprint density at radius 3 is 2.71 bits per heavy atom. The molecule has 1 aromatic heterocycles. The number of halogens is 3. The highest BCUT2D eigenvalue weighted by Gasteiger charge is 2.31. The number of likely N-dealkylation sites (tertiary alicyclic amines) is 2. The Hall–Kier alpha value is -2.87. The van der Waals surface area contributed by atoms with Crippen molar-refractivity contribution < 1.29 is 13.9 Å². The number of ether oxygens (including phenoxy) is 1. The van der Waals surface area contributed by atoms with Crippen LogP contribution < -0.4 is 10.5 Å². The normalized spacial score (nSPS) is 18.6. The van der Waals surface area contributed by atoms with Gasteiger partial charge in [0, 0.05) is 47.0 Å². The summed E-state index contributed by atoms with van der Waals surface area (Å²) in [5.74, 6) is -0.0346. The molecule has 0 spiro atoms. The molecule has 2 N–H and O–H groups in total. The molecule has 2 aliphatic rings. The number of hydrogen-bond donors (Lipinski definition) is 1. The highest BCUT2D eigenvalue weighted by molar-refractivity contribution is 6.36. The molecule has 6 nitrogen and oxygen atoms in total. The van der Waals surface area contributed by atoms with Crippen molar-refractivity contribution in [2.45, 2.75) is 44.8 Å². The van der Waals surface area contributed by atoms with Gasteiger partial charge in [-0.2, -0.15) is 0 Å². The van der Waals surface area contributed by atoms with Crippen LogP contribution in [0.1, 0.15) is 54.6 Å². The second-order valence-corrected chi connectivity index (χ2v) is 10.8. The first-order chi connectivity index (χ1) is 18.3. The summed E-state index contributed by atoms with van der Waals surface area (Å²) in [4.78, 5) is 22.3. The van der Waals surface area contributed by atoms with E-state index in [9.17, 15) is 9.18 Å². The first-order valence-electron chi connectivity index (χ1n) is 13.0. The fourth-order valence-corrected chi connectivity index (χ4v) is 6.10. The third-order valence-electron chi connectivity index (χ3n) is 7.42. The van der Waals surface area contributed by atoms with Gasteiger partial charge in [0.15, 0.2) is 11.6 Å². The average Bonchev–Trinajstić information content (AvgIpc) is 3.60. The van der Waals surface area contributed by atoms with E-state index in [1.54, 1.807) is 19.2 Å².